The van der Waals surface area contributed by atoms with Crippen LogP contribution in [-0.4, -0.2) is 46.1 Å². The summed E-state index contributed by atoms with van der Waals surface area (Å²) in [7, 11) is 1.64. The van der Waals surface area contributed by atoms with Crippen LogP contribution in [0, 0.1) is 20.8 Å². The highest BCUT2D eigenvalue weighted by Crippen LogP contribution is 2.27. The highest BCUT2D eigenvalue weighted by atomic mass is 19.3. The first-order chi connectivity index (χ1) is 12.2. The van der Waals surface area contributed by atoms with Gasteiger partial charge in [0.25, 0.3) is 5.92 Å². The van der Waals surface area contributed by atoms with Crippen molar-refractivity contribution in [3.05, 3.63) is 46.8 Å². The summed E-state index contributed by atoms with van der Waals surface area (Å²) in [6, 6.07) is 7.12. The number of aryl methyl sites for hydroxylation is 2. The minimum atomic E-state index is -2.82. The Morgan fingerprint density at radius 1 is 1.35 bits per heavy atom. The standard InChI is InChI=1S/C19H24F2N4O/c1-12-7-5-6-8-17(12)25-14(3)15(13(2)23-25)10-24(4)18(26)16-9-19(20,21)11-22-16/h5-8,16,22H,9-11H2,1-4H3. The Hall–Kier alpha value is -2.28. The summed E-state index contributed by atoms with van der Waals surface area (Å²) in [5.74, 6) is -3.13. The van der Waals surface area contributed by atoms with Crippen molar-refractivity contribution in [1.29, 1.82) is 0 Å². The molecule has 0 aliphatic carbocycles. The number of aromatic nitrogens is 2. The van der Waals surface area contributed by atoms with Crippen LogP contribution in [0.4, 0.5) is 8.78 Å². The van der Waals surface area contributed by atoms with E-state index in [0.29, 0.717) is 6.54 Å². The SMILES string of the molecule is Cc1ccccc1-n1nc(C)c(CN(C)C(=O)C2CC(F)(F)CN2)c1C. The van der Waals surface area contributed by atoms with Gasteiger partial charge in [-0.25, -0.2) is 13.5 Å². The summed E-state index contributed by atoms with van der Waals surface area (Å²) in [4.78, 5) is 14.0. The second-order valence-electron chi connectivity index (χ2n) is 7.04. The van der Waals surface area contributed by atoms with Gasteiger partial charge in [-0.2, -0.15) is 5.10 Å². The molecular formula is C19H24F2N4O. The summed E-state index contributed by atoms with van der Waals surface area (Å²) in [5.41, 5.74) is 4.81. The maximum absolute atomic E-state index is 13.4. The van der Waals surface area contributed by atoms with Crippen molar-refractivity contribution in [2.24, 2.45) is 0 Å². The molecule has 1 aliphatic rings. The van der Waals surface area contributed by atoms with Crippen LogP contribution < -0.4 is 5.32 Å². The number of likely N-dealkylation sites (N-methyl/N-ethyl adjacent to an activating group) is 1. The fraction of sp³-hybridized carbons (Fsp3) is 0.474. The number of nitrogens with zero attached hydrogens (tertiary/aromatic N) is 3. The maximum atomic E-state index is 13.4. The molecule has 1 saturated heterocycles. The fourth-order valence-electron chi connectivity index (χ4n) is 3.41. The topological polar surface area (TPSA) is 50.2 Å². The first kappa shape index (κ1) is 18.5. The van der Waals surface area contributed by atoms with Gasteiger partial charge >= 0.3 is 0 Å². The third-order valence-electron chi connectivity index (χ3n) is 4.96. The molecule has 2 aromatic rings. The molecule has 0 bridgehead atoms. The Morgan fingerprint density at radius 2 is 2.04 bits per heavy atom. The Balaban J connectivity index is 1.80. The molecule has 1 aliphatic heterocycles. The molecule has 140 valence electrons. The third kappa shape index (κ3) is 3.49. The number of rotatable bonds is 4. The Labute approximate surface area is 152 Å². The van der Waals surface area contributed by atoms with Gasteiger partial charge in [0.1, 0.15) is 0 Å². The van der Waals surface area contributed by atoms with Gasteiger partial charge in [0.05, 0.1) is 24.0 Å². The quantitative estimate of drug-likeness (QED) is 0.910. The average Bonchev–Trinajstić information content (AvgIpc) is 3.08. The smallest absolute Gasteiger partial charge is 0.262 e. The van der Waals surface area contributed by atoms with Crippen molar-refractivity contribution >= 4 is 5.91 Å². The minimum Gasteiger partial charge on any atom is -0.340 e. The van der Waals surface area contributed by atoms with Crippen molar-refractivity contribution in [2.75, 3.05) is 13.6 Å². The zero-order chi connectivity index (χ0) is 19.1. The predicted molar refractivity (Wildman–Crippen MR) is 95.6 cm³/mol. The number of carbonyl (C=O) groups is 1. The van der Waals surface area contributed by atoms with E-state index in [0.717, 1.165) is 28.2 Å². The predicted octanol–water partition coefficient (Wildman–Crippen LogP) is 2.75. The van der Waals surface area contributed by atoms with Crippen LogP contribution in [-0.2, 0) is 11.3 Å². The number of carbonyl (C=O) groups excluding carboxylic acids is 1. The van der Waals surface area contributed by atoms with E-state index in [4.69, 9.17) is 0 Å². The Bertz CT molecular complexity index is 831. The van der Waals surface area contributed by atoms with E-state index in [-0.39, 0.29) is 5.91 Å². The van der Waals surface area contributed by atoms with Crippen LogP contribution in [0.25, 0.3) is 5.69 Å². The van der Waals surface area contributed by atoms with Gasteiger partial charge in [0.2, 0.25) is 5.91 Å². The van der Waals surface area contributed by atoms with Gasteiger partial charge in [-0.05, 0) is 32.4 Å². The molecule has 7 heteroatoms. The third-order valence-corrected chi connectivity index (χ3v) is 4.96. The maximum Gasteiger partial charge on any atom is 0.262 e. The van der Waals surface area contributed by atoms with E-state index in [1.165, 1.54) is 4.90 Å². The van der Waals surface area contributed by atoms with E-state index in [1.54, 1.807) is 7.05 Å². The molecule has 1 aromatic heterocycles. The van der Waals surface area contributed by atoms with Crippen molar-refractivity contribution in [1.82, 2.24) is 20.0 Å². The summed E-state index contributed by atoms with van der Waals surface area (Å²) >= 11 is 0. The molecule has 0 saturated carbocycles. The summed E-state index contributed by atoms with van der Waals surface area (Å²) in [6.07, 6.45) is -0.448. The lowest BCUT2D eigenvalue weighted by atomic mass is 10.1. The van der Waals surface area contributed by atoms with Gasteiger partial charge in [-0.3, -0.25) is 10.1 Å². The minimum absolute atomic E-state index is 0.315. The number of halogens is 2. The first-order valence-corrected chi connectivity index (χ1v) is 8.67. The highest BCUT2D eigenvalue weighted by molar-refractivity contribution is 5.82. The normalized spacial score (nSPS) is 18.9. The Kier molecular flexibility index (Phi) is 4.84. The van der Waals surface area contributed by atoms with Crippen molar-refractivity contribution < 1.29 is 13.6 Å². The number of hydrogen-bond donors (Lipinski definition) is 1. The largest absolute Gasteiger partial charge is 0.340 e. The number of hydrogen-bond acceptors (Lipinski definition) is 3. The molecule has 1 aromatic carbocycles. The molecule has 1 amide bonds. The molecule has 2 heterocycles. The highest BCUT2D eigenvalue weighted by Gasteiger charge is 2.43. The second-order valence-corrected chi connectivity index (χ2v) is 7.04. The van der Waals surface area contributed by atoms with Crippen LogP contribution in [0.5, 0.6) is 0 Å². The van der Waals surface area contributed by atoms with Crippen LogP contribution >= 0.6 is 0 Å². The molecule has 5 nitrogen and oxygen atoms in total. The molecule has 1 fully saturated rings. The lowest BCUT2D eigenvalue weighted by Gasteiger charge is -2.21. The number of amides is 1. The molecule has 0 radical (unpaired) electrons. The lowest BCUT2D eigenvalue weighted by Crippen LogP contribution is -2.41. The van der Waals surface area contributed by atoms with E-state index in [1.807, 2.05) is 49.7 Å². The second kappa shape index (κ2) is 6.79. The van der Waals surface area contributed by atoms with Crippen molar-refractivity contribution in [2.45, 2.75) is 45.7 Å². The lowest BCUT2D eigenvalue weighted by molar-refractivity contribution is -0.132. The molecule has 3 rings (SSSR count). The molecule has 1 N–H and O–H groups in total. The summed E-state index contributed by atoms with van der Waals surface area (Å²) in [5, 5.41) is 7.24. The van der Waals surface area contributed by atoms with E-state index in [9.17, 15) is 13.6 Å². The van der Waals surface area contributed by atoms with E-state index >= 15 is 0 Å². The number of para-hydroxylation sites is 1. The monoisotopic (exact) mass is 362 g/mol. The molecular weight excluding hydrogens is 338 g/mol. The molecule has 1 unspecified atom stereocenters. The zero-order valence-electron chi connectivity index (χ0n) is 15.5. The number of nitrogens with one attached hydrogen (secondary N) is 1. The van der Waals surface area contributed by atoms with Crippen LogP contribution in [0.15, 0.2) is 24.3 Å². The molecule has 0 spiro atoms. The fourth-order valence-corrected chi connectivity index (χ4v) is 3.41. The van der Waals surface area contributed by atoms with Crippen molar-refractivity contribution in [3.63, 3.8) is 0 Å². The first-order valence-electron chi connectivity index (χ1n) is 8.67. The molecule has 1 atom stereocenters. The van der Waals surface area contributed by atoms with Gasteiger partial charge in [-0.1, -0.05) is 18.2 Å². The van der Waals surface area contributed by atoms with Crippen LogP contribution in [0.1, 0.15) is 28.9 Å². The van der Waals surface area contributed by atoms with E-state index in [2.05, 4.69) is 10.4 Å². The van der Waals surface area contributed by atoms with Gasteiger partial charge in [0, 0.05) is 31.3 Å². The van der Waals surface area contributed by atoms with Crippen LogP contribution in [0.2, 0.25) is 0 Å². The van der Waals surface area contributed by atoms with Crippen molar-refractivity contribution in [3.8, 4) is 5.69 Å². The van der Waals surface area contributed by atoms with Crippen LogP contribution in [0.3, 0.4) is 0 Å². The average molecular weight is 362 g/mol. The zero-order valence-corrected chi connectivity index (χ0v) is 15.5. The van der Waals surface area contributed by atoms with Gasteiger partial charge in [0.15, 0.2) is 0 Å². The number of alkyl halides is 2. The van der Waals surface area contributed by atoms with Gasteiger partial charge in [-0.15, -0.1) is 0 Å². The summed E-state index contributed by atoms with van der Waals surface area (Å²) < 4.78 is 28.6. The van der Waals surface area contributed by atoms with E-state index < -0.39 is 24.9 Å². The summed E-state index contributed by atoms with van der Waals surface area (Å²) in [6.45, 7) is 5.78. The Morgan fingerprint density at radius 3 is 2.65 bits per heavy atom. The molecule has 26 heavy (non-hydrogen) atoms. The number of benzene rings is 1. The van der Waals surface area contributed by atoms with Gasteiger partial charge < -0.3 is 4.90 Å².